The Morgan fingerprint density at radius 2 is 1.72 bits per heavy atom. The first-order valence-corrected chi connectivity index (χ1v) is 14.0. The molecule has 2 aromatic rings. The van der Waals surface area contributed by atoms with Crippen LogP contribution in [0, 0.1) is 26.7 Å². The van der Waals surface area contributed by atoms with E-state index in [0.717, 1.165) is 35.1 Å². The zero-order valence-corrected chi connectivity index (χ0v) is 25.1. The van der Waals surface area contributed by atoms with Crippen LogP contribution in [-0.2, 0) is 14.3 Å². The molecule has 1 aliphatic rings. The van der Waals surface area contributed by atoms with Crippen LogP contribution in [0.3, 0.4) is 0 Å². The van der Waals surface area contributed by atoms with Gasteiger partial charge in [0.1, 0.15) is 17.7 Å². The molecule has 1 aliphatic carbocycles. The lowest BCUT2D eigenvalue weighted by molar-refractivity contribution is -0.141. The van der Waals surface area contributed by atoms with Crippen molar-refractivity contribution >= 4 is 35.2 Å². The number of ether oxygens (including phenoxy) is 1. The average Bonchev–Trinajstić information content (AvgIpc) is 3.64. The minimum Gasteiger partial charge on any atom is -0.444 e. The Morgan fingerprint density at radius 1 is 1.05 bits per heavy atom. The lowest BCUT2D eigenvalue weighted by atomic mass is 9.94. The molecule has 3 rings (SSSR count). The van der Waals surface area contributed by atoms with E-state index in [-0.39, 0.29) is 23.8 Å². The molecule has 2 aromatic carbocycles. The molecular weight excluding hydrogens is 514 g/mol. The minimum absolute atomic E-state index is 0.115. The van der Waals surface area contributed by atoms with Gasteiger partial charge in [0.25, 0.3) is 5.91 Å². The molecule has 8 heteroatoms. The van der Waals surface area contributed by atoms with Crippen molar-refractivity contribution in [2.45, 2.75) is 98.4 Å². The summed E-state index contributed by atoms with van der Waals surface area (Å²) in [5, 5.41) is 6.25. The predicted molar refractivity (Wildman–Crippen MR) is 156 cm³/mol. The van der Waals surface area contributed by atoms with E-state index in [1.807, 2.05) is 65.0 Å². The van der Waals surface area contributed by atoms with E-state index >= 15 is 0 Å². The van der Waals surface area contributed by atoms with Crippen molar-refractivity contribution in [1.29, 1.82) is 0 Å². The van der Waals surface area contributed by atoms with Gasteiger partial charge in [0.2, 0.25) is 5.91 Å². The number of aryl methyl sites for hydroxylation is 3. The molecule has 212 valence electrons. The number of hydrogen-bond donors (Lipinski definition) is 2. The monoisotopic (exact) mass is 555 g/mol. The molecule has 0 aromatic heterocycles. The highest BCUT2D eigenvalue weighted by molar-refractivity contribution is 6.34. The molecule has 2 atom stereocenters. The van der Waals surface area contributed by atoms with E-state index in [1.54, 1.807) is 31.7 Å². The molecule has 0 saturated heterocycles. The third kappa shape index (κ3) is 8.21. The van der Waals surface area contributed by atoms with Gasteiger partial charge in [-0.25, -0.2) is 4.79 Å². The van der Waals surface area contributed by atoms with Crippen molar-refractivity contribution in [3.8, 4) is 0 Å². The average molecular weight is 556 g/mol. The summed E-state index contributed by atoms with van der Waals surface area (Å²) in [7, 11) is 0. The van der Waals surface area contributed by atoms with Crippen molar-refractivity contribution < 1.29 is 19.1 Å². The first-order valence-electron chi connectivity index (χ1n) is 13.6. The van der Waals surface area contributed by atoms with Crippen LogP contribution in [0.15, 0.2) is 36.4 Å². The lowest BCUT2D eigenvalue weighted by Gasteiger charge is -2.36. The van der Waals surface area contributed by atoms with Crippen molar-refractivity contribution in [3.05, 3.63) is 63.7 Å². The fourth-order valence-electron chi connectivity index (χ4n) is 4.65. The van der Waals surface area contributed by atoms with Crippen LogP contribution in [0.25, 0.3) is 0 Å². The van der Waals surface area contributed by atoms with Crippen molar-refractivity contribution in [2.75, 3.05) is 5.32 Å². The Balaban J connectivity index is 2.07. The van der Waals surface area contributed by atoms with E-state index in [4.69, 9.17) is 16.3 Å². The van der Waals surface area contributed by atoms with E-state index in [0.29, 0.717) is 17.1 Å². The number of nitrogens with one attached hydrogen (secondary N) is 2. The summed E-state index contributed by atoms with van der Waals surface area (Å²) in [6, 6.07) is 9.47. The zero-order chi connectivity index (χ0) is 29.1. The first-order chi connectivity index (χ1) is 18.2. The maximum absolute atomic E-state index is 14.3. The fourth-order valence-corrected chi connectivity index (χ4v) is 4.92. The van der Waals surface area contributed by atoms with Crippen LogP contribution in [0.5, 0.6) is 0 Å². The van der Waals surface area contributed by atoms with Crippen LogP contribution in [0.1, 0.15) is 82.2 Å². The molecular formula is C31H42ClN3O4. The van der Waals surface area contributed by atoms with Gasteiger partial charge in [0.15, 0.2) is 0 Å². The predicted octanol–water partition coefficient (Wildman–Crippen LogP) is 6.88. The van der Waals surface area contributed by atoms with Gasteiger partial charge in [-0.05, 0) is 89.5 Å². The molecule has 1 saturated carbocycles. The van der Waals surface area contributed by atoms with Crippen molar-refractivity contribution in [3.63, 3.8) is 0 Å². The maximum atomic E-state index is 14.3. The van der Waals surface area contributed by atoms with Gasteiger partial charge >= 0.3 is 6.09 Å². The summed E-state index contributed by atoms with van der Waals surface area (Å²) in [5.74, 6) is -0.525. The lowest BCUT2D eigenvalue weighted by Crippen LogP contribution is -2.53. The Labute approximate surface area is 237 Å². The van der Waals surface area contributed by atoms with Gasteiger partial charge in [0.05, 0.1) is 10.7 Å². The number of anilines is 1. The molecule has 0 radical (unpaired) electrons. The largest absolute Gasteiger partial charge is 0.444 e. The second kappa shape index (κ2) is 12.4. The first kappa shape index (κ1) is 30.5. The number of rotatable bonds is 9. The minimum atomic E-state index is -0.907. The standard InChI is InChI=1S/C31H42ClN3O4/c1-18(2)16-25(33-30(38)39-31(6,7)8)29(37)35(22-14-15-22)27(23-17-19(3)12-13-20(23)4)28(36)34-26-21(5)10-9-11-24(26)32/h9-13,17-18,22,25,27H,14-16H2,1-8H3,(H,33,38)(H,34,36). The number of halogens is 1. The highest BCUT2D eigenvalue weighted by Crippen LogP contribution is 2.38. The van der Waals surface area contributed by atoms with Crippen molar-refractivity contribution in [2.24, 2.45) is 5.92 Å². The Morgan fingerprint density at radius 3 is 2.28 bits per heavy atom. The summed E-state index contributed by atoms with van der Waals surface area (Å²) in [6.45, 7) is 15.1. The molecule has 0 bridgehead atoms. The number of alkyl carbamates (subject to hydrolysis) is 1. The van der Waals surface area contributed by atoms with Crippen LogP contribution < -0.4 is 10.6 Å². The molecule has 2 N–H and O–H groups in total. The van der Waals surface area contributed by atoms with Crippen LogP contribution in [-0.4, -0.2) is 40.5 Å². The van der Waals surface area contributed by atoms with E-state index in [9.17, 15) is 14.4 Å². The summed E-state index contributed by atoms with van der Waals surface area (Å²) >= 11 is 6.46. The number of para-hydroxylation sites is 1. The van der Waals surface area contributed by atoms with Gasteiger partial charge in [-0.2, -0.15) is 0 Å². The summed E-state index contributed by atoms with van der Waals surface area (Å²) in [4.78, 5) is 42.9. The zero-order valence-electron chi connectivity index (χ0n) is 24.4. The fraction of sp³-hybridized carbons (Fsp3) is 0.516. The highest BCUT2D eigenvalue weighted by atomic mass is 35.5. The van der Waals surface area contributed by atoms with Crippen LogP contribution in [0.4, 0.5) is 10.5 Å². The smallest absolute Gasteiger partial charge is 0.408 e. The molecule has 0 heterocycles. The van der Waals surface area contributed by atoms with E-state index < -0.39 is 23.8 Å². The number of nitrogens with zero attached hydrogens (tertiary/aromatic N) is 1. The van der Waals surface area contributed by atoms with Gasteiger partial charge in [-0.15, -0.1) is 0 Å². The third-order valence-corrected chi connectivity index (χ3v) is 6.93. The van der Waals surface area contributed by atoms with E-state index in [2.05, 4.69) is 10.6 Å². The molecule has 0 aliphatic heterocycles. The Hall–Kier alpha value is -3.06. The van der Waals surface area contributed by atoms with Gasteiger partial charge < -0.3 is 20.3 Å². The SMILES string of the molecule is Cc1ccc(C)c(C(C(=O)Nc2c(C)cccc2Cl)N(C(=O)C(CC(C)C)NC(=O)OC(C)(C)C)C2CC2)c1. The van der Waals surface area contributed by atoms with Gasteiger partial charge in [0, 0.05) is 6.04 Å². The Kier molecular flexibility index (Phi) is 9.70. The second-order valence-electron chi connectivity index (χ2n) is 12.0. The van der Waals surface area contributed by atoms with Gasteiger partial charge in [-0.1, -0.05) is 61.3 Å². The molecule has 2 unspecified atom stereocenters. The topological polar surface area (TPSA) is 87.7 Å². The van der Waals surface area contributed by atoms with Gasteiger partial charge in [-0.3, -0.25) is 9.59 Å². The van der Waals surface area contributed by atoms with Crippen LogP contribution in [0.2, 0.25) is 5.02 Å². The number of hydrogen-bond acceptors (Lipinski definition) is 4. The molecule has 7 nitrogen and oxygen atoms in total. The quantitative estimate of drug-likeness (QED) is 0.353. The van der Waals surface area contributed by atoms with Crippen molar-refractivity contribution in [1.82, 2.24) is 10.2 Å². The number of carbonyl (C=O) groups is 3. The Bertz CT molecular complexity index is 1200. The number of carbonyl (C=O) groups excluding carboxylic acids is 3. The second-order valence-corrected chi connectivity index (χ2v) is 12.4. The summed E-state index contributed by atoms with van der Waals surface area (Å²) < 4.78 is 5.47. The molecule has 39 heavy (non-hydrogen) atoms. The van der Waals surface area contributed by atoms with Crippen LogP contribution >= 0.6 is 11.6 Å². The molecule has 3 amide bonds. The molecule has 0 spiro atoms. The summed E-state index contributed by atoms with van der Waals surface area (Å²) in [5.41, 5.74) is 3.27. The maximum Gasteiger partial charge on any atom is 0.408 e. The normalized spacial score (nSPS) is 14.9. The summed E-state index contributed by atoms with van der Waals surface area (Å²) in [6.07, 6.45) is 1.32. The highest BCUT2D eigenvalue weighted by Gasteiger charge is 2.44. The van der Waals surface area contributed by atoms with E-state index in [1.165, 1.54) is 0 Å². The third-order valence-electron chi connectivity index (χ3n) is 6.62. The molecule has 1 fully saturated rings. The number of benzene rings is 2. The number of amides is 3.